The number of benzene rings is 5. The van der Waals surface area contributed by atoms with Crippen LogP contribution >= 0.6 is 0 Å². The van der Waals surface area contributed by atoms with Gasteiger partial charge in [0.25, 0.3) is 0 Å². The summed E-state index contributed by atoms with van der Waals surface area (Å²) in [6.45, 7) is 30.1. The maximum atomic E-state index is 15.2. The highest BCUT2D eigenvalue weighted by molar-refractivity contribution is 6.16. The number of ketones is 1. The highest BCUT2D eigenvalue weighted by Crippen LogP contribution is 2.45. The quantitative estimate of drug-likeness (QED) is 0.0279. The lowest BCUT2D eigenvalue weighted by Gasteiger charge is -2.34. The molecule has 13 nitrogen and oxygen atoms in total. The van der Waals surface area contributed by atoms with Gasteiger partial charge in [-0.05, 0) is 142 Å². The van der Waals surface area contributed by atoms with Crippen molar-refractivity contribution in [1.29, 1.82) is 0 Å². The maximum absolute atomic E-state index is 15.2. The second-order valence-corrected chi connectivity index (χ2v) is 23.2. The van der Waals surface area contributed by atoms with Gasteiger partial charge in [0.15, 0.2) is 5.78 Å². The Bertz CT molecular complexity index is 2910. The molecular weight excluding hydrogens is 989 g/mol. The molecule has 0 saturated heterocycles. The van der Waals surface area contributed by atoms with Gasteiger partial charge >= 0.3 is 23.9 Å². The summed E-state index contributed by atoms with van der Waals surface area (Å²) < 4.78 is 0. The lowest BCUT2D eigenvalue weighted by atomic mass is 9.70. The zero-order chi connectivity index (χ0) is 57.5. The van der Waals surface area contributed by atoms with Gasteiger partial charge < -0.3 is 0 Å². The van der Waals surface area contributed by atoms with E-state index in [0.717, 1.165) is 33.9 Å². The molecule has 0 unspecified atom stereocenters. The summed E-state index contributed by atoms with van der Waals surface area (Å²) in [5.41, 5.74) is -1.26. The Hall–Kier alpha value is -7.03. The zero-order valence-electron chi connectivity index (χ0n) is 48.0. The van der Waals surface area contributed by atoms with E-state index >= 15 is 9.59 Å². The monoisotopic (exact) mass is 1060 g/mol. The zero-order valence-corrected chi connectivity index (χ0v) is 48.0. The molecule has 0 amide bonds. The maximum Gasteiger partial charge on any atom is 0.373 e. The SMILES string of the molecule is CC(C)c1ccc(C(C)(C)OOC(=O)C2=CC=C(C(=O)c3ccc(C(=O)OOC(C)(C)c4ccc(C(C)C)cc4)cc3)CC2(C(=O)OOC(C)(C)c2ccc(C(C)C)cc2)C(=O)OOC(C)(C)c2ccc(C(C)C)cc2)cc1. The first-order valence-corrected chi connectivity index (χ1v) is 26.6. The van der Waals surface area contributed by atoms with E-state index in [1.165, 1.54) is 30.3 Å². The first kappa shape index (κ1) is 60.2. The van der Waals surface area contributed by atoms with Crippen LogP contribution < -0.4 is 0 Å². The predicted octanol–water partition coefficient (Wildman–Crippen LogP) is 14.9. The molecule has 0 aromatic heterocycles. The van der Waals surface area contributed by atoms with E-state index in [4.69, 9.17) is 39.1 Å². The Labute approximate surface area is 459 Å². The van der Waals surface area contributed by atoms with Crippen LogP contribution in [0.2, 0.25) is 0 Å². The minimum Gasteiger partial charge on any atom is -0.296 e. The first-order chi connectivity index (χ1) is 36.5. The summed E-state index contributed by atoms with van der Waals surface area (Å²) in [5, 5.41) is 0. The molecule has 5 aromatic rings. The van der Waals surface area contributed by atoms with Crippen LogP contribution in [0.5, 0.6) is 0 Å². The summed E-state index contributed by atoms with van der Waals surface area (Å²) in [7, 11) is 0. The van der Waals surface area contributed by atoms with Gasteiger partial charge in [-0.1, -0.05) is 171 Å². The van der Waals surface area contributed by atoms with Crippen molar-refractivity contribution < 1.29 is 63.1 Å². The van der Waals surface area contributed by atoms with Gasteiger partial charge in [0.1, 0.15) is 22.4 Å². The molecule has 78 heavy (non-hydrogen) atoms. The number of carbonyl (C=O) groups is 5. The Kier molecular flexibility index (Phi) is 18.8. The molecule has 0 heterocycles. The number of allylic oxidation sites excluding steroid dienone is 3. The Morgan fingerprint density at radius 1 is 0.372 bits per heavy atom. The summed E-state index contributed by atoms with van der Waals surface area (Å²) in [5.74, 6) is -4.54. The molecule has 0 radical (unpaired) electrons. The van der Waals surface area contributed by atoms with E-state index < -0.39 is 69.5 Å². The molecule has 0 spiro atoms. The van der Waals surface area contributed by atoms with Gasteiger partial charge in [0, 0.05) is 17.6 Å². The van der Waals surface area contributed by atoms with Gasteiger partial charge in [0.05, 0.1) is 11.1 Å². The van der Waals surface area contributed by atoms with E-state index in [-0.39, 0.29) is 34.5 Å². The van der Waals surface area contributed by atoms with Crippen LogP contribution in [0.3, 0.4) is 0 Å². The normalized spacial score (nSPS) is 14.0. The average Bonchev–Trinajstić information content (AvgIpc) is 3.42. The molecule has 0 atom stereocenters. The largest absolute Gasteiger partial charge is 0.373 e. The minimum atomic E-state index is -2.83. The van der Waals surface area contributed by atoms with Gasteiger partial charge in [-0.3, -0.25) is 24.3 Å². The third kappa shape index (κ3) is 14.0. The Morgan fingerprint density at radius 3 is 0.962 bits per heavy atom. The van der Waals surface area contributed by atoms with Crippen molar-refractivity contribution in [1.82, 2.24) is 0 Å². The molecule has 1 aliphatic rings. The topological polar surface area (TPSA) is 159 Å². The number of rotatable bonds is 22. The molecule has 13 heteroatoms. The van der Waals surface area contributed by atoms with Crippen molar-refractivity contribution in [2.45, 2.75) is 163 Å². The Morgan fingerprint density at radius 2 is 0.654 bits per heavy atom. The van der Waals surface area contributed by atoms with Crippen LogP contribution in [0.25, 0.3) is 0 Å². The third-order valence-electron chi connectivity index (χ3n) is 14.4. The summed E-state index contributed by atoms with van der Waals surface area (Å²) in [6.07, 6.45) is 1.60. The van der Waals surface area contributed by atoms with Gasteiger partial charge in [-0.25, -0.2) is 19.2 Å². The highest BCUT2D eigenvalue weighted by Gasteiger charge is 2.59. The van der Waals surface area contributed by atoms with Crippen molar-refractivity contribution in [3.63, 3.8) is 0 Å². The van der Waals surface area contributed by atoms with Crippen molar-refractivity contribution in [2.24, 2.45) is 5.41 Å². The van der Waals surface area contributed by atoms with Crippen LogP contribution in [0.15, 0.2) is 145 Å². The van der Waals surface area contributed by atoms with Gasteiger partial charge in [-0.2, -0.15) is 19.6 Å². The van der Waals surface area contributed by atoms with Crippen molar-refractivity contribution in [3.05, 3.63) is 200 Å². The smallest absolute Gasteiger partial charge is 0.296 e. The Balaban J connectivity index is 1.36. The lowest BCUT2D eigenvalue weighted by Crippen LogP contribution is -2.49. The van der Waals surface area contributed by atoms with Crippen LogP contribution in [-0.4, -0.2) is 29.7 Å². The number of Topliss-reactive ketones (excluding diaryl/α,β-unsaturated/α-hetero) is 1. The van der Waals surface area contributed by atoms with Gasteiger partial charge in [-0.15, -0.1) is 0 Å². The highest BCUT2D eigenvalue weighted by atomic mass is 17.2. The van der Waals surface area contributed by atoms with Crippen LogP contribution in [-0.2, 0) is 75.9 Å². The van der Waals surface area contributed by atoms with E-state index in [2.05, 4.69) is 55.4 Å². The molecule has 5 aromatic carbocycles. The second kappa shape index (κ2) is 24.3. The third-order valence-corrected chi connectivity index (χ3v) is 14.4. The second-order valence-electron chi connectivity index (χ2n) is 23.2. The standard InChI is InChI=1S/C65H76O13/c1-40(2)44-21-30-51(31-22-44)61(9,10)75-71-57(67)49-19-17-48(18-20-49)56(66)50-29-38-55(58(68)72-76-62(11,12)52-32-23-45(24-33-52)41(3)4)65(39-50,59(69)73-77-63(13,14)53-34-25-46(26-35-53)42(5)6)60(70)74-78-64(15,16)54-36-27-47(28-37-54)43(7)8/h17-38,40-43H,39H2,1-16H3. The molecule has 1 aliphatic carbocycles. The van der Waals surface area contributed by atoms with E-state index in [1.54, 1.807) is 55.4 Å². The molecule has 6 rings (SSSR count). The van der Waals surface area contributed by atoms with Crippen LogP contribution in [0, 0.1) is 5.41 Å². The van der Waals surface area contributed by atoms with Crippen molar-refractivity contribution >= 4 is 29.7 Å². The van der Waals surface area contributed by atoms with Crippen LogP contribution in [0.4, 0.5) is 0 Å². The lowest BCUT2D eigenvalue weighted by molar-refractivity contribution is -0.347. The number of hydrogen-bond acceptors (Lipinski definition) is 13. The first-order valence-electron chi connectivity index (χ1n) is 26.6. The summed E-state index contributed by atoms with van der Waals surface area (Å²) in [4.78, 5) is 118. The summed E-state index contributed by atoms with van der Waals surface area (Å²) >= 11 is 0. The fourth-order valence-corrected chi connectivity index (χ4v) is 8.63. The average molecular weight is 1070 g/mol. The van der Waals surface area contributed by atoms with E-state index in [1.807, 2.05) is 97.1 Å². The number of carbonyl (C=O) groups excluding carboxylic acids is 5. The predicted molar refractivity (Wildman–Crippen MR) is 296 cm³/mol. The van der Waals surface area contributed by atoms with Crippen molar-refractivity contribution in [2.75, 3.05) is 0 Å². The molecule has 0 bridgehead atoms. The van der Waals surface area contributed by atoms with E-state index in [0.29, 0.717) is 22.6 Å². The number of hydrogen-bond donors (Lipinski definition) is 0. The molecule has 0 fully saturated rings. The molecular formula is C65H76O13. The molecule has 0 aliphatic heterocycles. The van der Waals surface area contributed by atoms with Crippen LogP contribution in [0.1, 0.15) is 206 Å². The summed E-state index contributed by atoms with van der Waals surface area (Å²) in [6, 6.07) is 36.0. The van der Waals surface area contributed by atoms with Crippen molar-refractivity contribution in [3.8, 4) is 0 Å². The van der Waals surface area contributed by atoms with Gasteiger partial charge in [0.2, 0.25) is 5.41 Å². The molecule has 414 valence electrons. The van der Waals surface area contributed by atoms with E-state index in [9.17, 15) is 14.4 Å². The fraction of sp³-hybridized carbons (Fsp3) is 0.400. The molecule has 0 N–H and O–H groups in total. The molecule has 0 saturated carbocycles. The fourth-order valence-electron chi connectivity index (χ4n) is 8.63. The minimum absolute atomic E-state index is 0.0531.